The van der Waals surface area contributed by atoms with Crippen molar-refractivity contribution in [1.29, 1.82) is 0 Å². The molecular formula is C21H29NO4. The largest absolute Gasteiger partial charge is 0.497 e. The van der Waals surface area contributed by atoms with E-state index in [9.17, 15) is 9.59 Å². The van der Waals surface area contributed by atoms with E-state index in [-0.39, 0.29) is 24.0 Å². The summed E-state index contributed by atoms with van der Waals surface area (Å²) >= 11 is 0. The minimum absolute atomic E-state index is 0.0325. The van der Waals surface area contributed by atoms with Crippen molar-refractivity contribution in [1.82, 2.24) is 5.32 Å². The van der Waals surface area contributed by atoms with Gasteiger partial charge in [0.05, 0.1) is 7.11 Å². The van der Waals surface area contributed by atoms with Crippen molar-refractivity contribution >= 4 is 16.9 Å². The Hall–Kier alpha value is -2.30. The second-order valence-electron chi connectivity index (χ2n) is 7.29. The highest BCUT2D eigenvalue weighted by Crippen LogP contribution is 2.24. The van der Waals surface area contributed by atoms with Crippen LogP contribution in [-0.2, 0) is 11.2 Å². The van der Waals surface area contributed by atoms with Gasteiger partial charge in [0, 0.05) is 29.5 Å². The van der Waals surface area contributed by atoms with Gasteiger partial charge in [-0.3, -0.25) is 4.79 Å². The number of rotatable bonds is 8. The number of amides is 1. The maximum absolute atomic E-state index is 12.3. The first-order valence-corrected chi connectivity index (χ1v) is 9.21. The summed E-state index contributed by atoms with van der Waals surface area (Å²) in [6.07, 6.45) is 2.69. The van der Waals surface area contributed by atoms with E-state index < -0.39 is 0 Å². The molecule has 1 amide bonds. The zero-order valence-electron chi connectivity index (χ0n) is 16.3. The van der Waals surface area contributed by atoms with Crippen molar-refractivity contribution in [3.05, 3.63) is 39.7 Å². The monoisotopic (exact) mass is 359 g/mol. The third-order valence-electron chi connectivity index (χ3n) is 4.68. The molecule has 2 rings (SSSR count). The molecule has 1 aromatic carbocycles. The van der Waals surface area contributed by atoms with E-state index in [0.717, 1.165) is 23.8 Å². The van der Waals surface area contributed by atoms with Gasteiger partial charge in [-0.2, -0.15) is 0 Å². The number of hydrogen-bond donors (Lipinski definition) is 1. The Balaban J connectivity index is 2.06. The molecule has 1 N–H and O–H groups in total. The van der Waals surface area contributed by atoms with Gasteiger partial charge >= 0.3 is 5.63 Å². The molecule has 1 aromatic heterocycles. The number of carbonyl (C=O) groups is 1. The molecule has 0 saturated heterocycles. The molecule has 5 nitrogen and oxygen atoms in total. The summed E-state index contributed by atoms with van der Waals surface area (Å²) in [6, 6.07) is 5.56. The Labute approximate surface area is 154 Å². The van der Waals surface area contributed by atoms with Gasteiger partial charge in [-0.25, -0.2) is 4.79 Å². The molecule has 0 aliphatic carbocycles. The van der Waals surface area contributed by atoms with Crippen molar-refractivity contribution < 1.29 is 13.9 Å². The molecule has 142 valence electrons. The Morgan fingerprint density at radius 1 is 1.23 bits per heavy atom. The van der Waals surface area contributed by atoms with Gasteiger partial charge in [-0.05, 0) is 56.7 Å². The Kier molecular flexibility index (Phi) is 6.83. The predicted molar refractivity (Wildman–Crippen MR) is 104 cm³/mol. The van der Waals surface area contributed by atoms with Crippen LogP contribution in [0.2, 0.25) is 0 Å². The zero-order valence-corrected chi connectivity index (χ0v) is 16.3. The number of hydrogen-bond acceptors (Lipinski definition) is 4. The maximum atomic E-state index is 12.3. The van der Waals surface area contributed by atoms with Crippen LogP contribution in [-0.4, -0.2) is 19.1 Å². The van der Waals surface area contributed by atoms with Crippen LogP contribution in [0.5, 0.6) is 5.75 Å². The molecule has 0 bridgehead atoms. The average molecular weight is 359 g/mol. The number of nitrogens with one attached hydrogen (secondary N) is 1. The topological polar surface area (TPSA) is 68.5 Å². The van der Waals surface area contributed by atoms with Crippen molar-refractivity contribution in [2.75, 3.05) is 7.11 Å². The van der Waals surface area contributed by atoms with Gasteiger partial charge in [-0.15, -0.1) is 0 Å². The van der Waals surface area contributed by atoms with Gasteiger partial charge < -0.3 is 14.5 Å². The lowest BCUT2D eigenvalue weighted by atomic mass is 10.0. The quantitative estimate of drug-likeness (QED) is 0.724. The Morgan fingerprint density at radius 3 is 2.62 bits per heavy atom. The first-order valence-electron chi connectivity index (χ1n) is 9.21. The molecule has 0 fully saturated rings. The van der Waals surface area contributed by atoms with Gasteiger partial charge in [0.25, 0.3) is 0 Å². The lowest BCUT2D eigenvalue weighted by molar-refractivity contribution is -0.121. The van der Waals surface area contributed by atoms with E-state index in [0.29, 0.717) is 29.2 Å². The van der Waals surface area contributed by atoms with E-state index in [1.165, 1.54) is 0 Å². The molecular weight excluding hydrogens is 330 g/mol. The Morgan fingerprint density at radius 2 is 1.96 bits per heavy atom. The number of carbonyl (C=O) groups excluding carboxylic acids is 1. The summed E-state index contributed by atoms with van der Waals surface area (Å²) in [5.74, 6) is 1.23. The van der Waals surface area contributed by atoms with Gasteiger partial charge in [0.15, 0.2) is 0 Å². The summed E-state index contributed by atoms with van der Waals surface area (Å²) < 4.78 is 10.6. The molecule has 0 aliphatic heterocycles. The molecule has 1 heterocycles. The van der Waals surface area contributed by atoms with Crippen LogP contribution in [0.1, 0.15) is 51.2 Å². The third kappa shape index (κ3) is 5.10. The highest BCUT2D eigenvalue weighted by molar-refractivity contribution is 5.82. The number of benzene rings is 1. The first-order chi connectivity index (χ1) is 12.3. The second-order valence-corrected chi connectivity index (χ2v) is 7.29. The van der Waals surface area contributed by atoms with Gasteiger partial charge in [-0.1, -0.05) is 13.8 Å². The summed E-state index contributed by atoms with van der Waals surface area (Å²) in [4.78, 5) is 24.5. The summed E-state index contributed by atoms with van der Waals surface area (Å²) in [5, 5.41) is 3.88. The van der Waals surface area contributed by atoms with Gasteiger partial charge in [0.2, 0.25) is 5.91 Å². The number of fused-ring (bicyclic) bond motifs is 1. The van der Waals surface area contributed by atoms with Crippen LogP contribution < -0.4 is 15.7 Å². The zero-order chi connectivity index (χ0) is 19.3. The fourth-order valence-corrected chi connectivity index (χ4v) is 3.03. The van der Waals surface area contributed by atoms with Crippen LogP contribution >= 0.6 is 0 Å². The lowest BCUT2D eigenvalue weighted by Crippen LogP contribution is -2.33. The van der Waals surface area contributed by atoms with Crippen LogP contribution in [0, 0.1) is 12.8 Å². The molecule has 26 heavy (non-hydrogen) atoms. The molecule has 5 heteroatoms. The molecule has 0 saturated carbocycles. The van der Waals surface area contributed by atoms with Gasteiger partial charge in [0.1, 0.15) is 11.3 Å². The molecule has 2 aromatic rings. The molecule has 1 atom stereocenters. The molecule has 1 unspecified atom stereocenters. The summed E-state index contributed by atoms with van der Waals surface area (Å²) in [5.41, 5.74) is 1.54. The van der Waals surface area contributed by atoms with E-state index in [1.807, 2.05) is 26.0 Å². The molecule has 0 radical (unpaired) electrons. The van der Waals surface area contributed by atoms with E-state index in [4.69, 9.17) is 9.15 Å². The fourth-order valence-electron chi connectivity index (χ4n) is 3.03. The summed E-state index contributed by atoms with van der Waals surface area (Å²) in [7, 11) is 1.57. The van der Waals surface area contributed by atoms with Crippen LogP contribution in [0.3, 0.4) is 0 Å². The number of methoxy groups -OCH3 is 1. The average Bonchev–Trinajstić information content (AvgIpc) is 2.59. The fraction of sp³-hybridized carbons (Fsp3) is 0.524. The maximum Gasteiger partial charge on any atom is 0.339 e. The highest BCUT2D eigenvalue weighted by atomic mass is 16.5. The standard InChI is InChI=1S/C21H29NO4/c1-13(2)6-7-14(3)22-20(23)11-10-18-15(4)17-9-8-16(25-5)12-19(17)26-21(18)24/h8-9,12-14H,6-7,10-11H2,1-5H3,(H,22,23). The first kappa shape index (κ1) is 20.0. The van der Waals surface area contributed by atoms with Crippen molar-refractivity contribution in [3.8, 4) is 5.75 Å². The second kappa shape index (κ2) is 8.88. The minimum Gasteiger partial charge on any atom is -0.497 e. The third-order valence-corrected chi connectivity index (χ3v) is 4.68. The number of aryl methyl sites for hydroxylation is 1. The lowest BCUT2D eigenvalue weighted by Gasteiger charge is -2.15. The smallest absolute Gasteiger partial charge is 0.339 e. The number of ether oxygens (including phenoxy) is 1. The summed E-state index contributed by atoms with van der Waals surface area (Å²) in [6.45, 7) is 8.26. The van der Waals surface area contributed by atoms with Crippen LogP contribution in [0.15, 0.2) is 27.4 Å². The van der Waals surface area contributed by atoms with E-state index >= 15 is 0 Å². The van der Waals surface area contributed by atoms with E-state index in [1.54, 1.807) is 13.2 Å². The SMILES string of the molecule is COc1ccc2c(C)c(CCC(=O)NC(C)CCC(C)C)c(=O)oc2c1. The normalized spacial score (nSPS) is 12.4. The minimum atomic E-state index is -0.385. The Bertz CT molecular complexity index is 823. The van der Waals surface area contributed by atoms with Crippen molar-refractivity contribution in [2.24, 2.45) is 5.92 Å². The van der Waals surface area contributed by atoms with Crippen molar-refractivity contribution in [2.45, 2.75) is 59.4 Å². The molecule has 0 aliphatic rings. The molecule has 0 spiro atoms. The van der Waals surface area contributed by atoms with Crippen molar-refractivity contribution in [3.63, 3.8) is 0 Å². The van der Waals surface area contributed by atoms with Crippen LogP contribution in [0.25, 0.3) is 11.0 Å². The van der Waals surface area contributed by atoms with Crippen LogP contribution in [0.4, 0.5) is 0 Å². The van der Waals surface area contributed by atoms with E-state index in [2.05, 4.69) is 19.2 Å². The predicted octanol–water partition coefficient (Wildman–Crippen LogP) is 3.98. The highest BCUT2D eigenvalue weighted by Gasteiger charge is 2.14.